The monoisotopic (exact) mass is 344 g/mol. The molecular weight excluding hydrogens is 316 g/mol. The highest BCUT2D eigenvalue weighted by atomic mass is 16.5. The molecule has 1 aliphatic carbocycles. The Morgan fingerprint density at radius 2 is 2.04 bits per heavy atom. The van der Waals surface area contributed by atoms with Crippen LogP contribution in [-0.2, 0) is 9.59 Å². The molecule has 5 atom stereocenters. The highest BCUT2D eigenvalue weighted by Crippen LogP contribution is 2.37. The summed E-state index contributed by atoms with van der Waals surface area (Å²) in [7, 11) is 0. The quantitative estimate of drug-likeness (QED) is 0.881. The molecule has 5 nitrogen and oxygen atoms in total. The largest absolute Gasteiger partial charge is 0.484 e. The lowest BCUT2D eigenvalue weighted by molar-refractivity contribution is -0.132. The summed E-state index contributed by atoms with van der Waals surface area (Å²) in [5, 5.41) is 6.21. The average molecular weight is 344 g/mol. The van der Waals surface area contributed by atoms with Gasteiger partial charge in [-0.1, -0.05) is 32.0 Å². The number of hydrogen-bond acceptors (Lipinski definition) is 3. The third kappa shape index (κ3) is 3.97. The van der Waals surface area contributed by atoms with E-state index >= 15 is 0 Å². The second kappa shape index (κ2) is 7.46. The maximum Gasteiger partial charge on any atom is 0.258 e. The van der Waals surface area contributed by atoms with Crippen LogP contribution in [0.5, 0.6) is 5.75 Å². The molecule has 5 heteroatoms. The fourth-order valence-corrected chi connectivity index (χ4v) is 4.18. The zero-order valence-corrected chi connectivity index (χ0v) is 15.2. The molecule has 0 aromatic heterocycles. The van der Waals surface area contributed by atoms with Gasteiger partial charge in [0.05, 0.1) is 0 Å². The van der Waals surface area contributed by atoms with Crippen LogP contribution in [0.15, 0.2) is 24.3 Å². The summed E-state index contributed by atoms with van der Waals surface area (Å²) in [6.07, 6.45) is 2.81. The molecule has 1 aromatic rings. The first-order valence-corrected chi connectivity index (χ1v) is 9.24. The van der Waals surface area contributed by atoms with Crippen molar-refractivity contribution in [3.63, 3.8) is 0 Å². The van der Waals surface area contributed by atoms with Crippen LogP contribution in [0.1, 0.15) is 38.7 Å². The lowest BCUT2D eigenvalue weighted by Crippen LogP contribution is -2.57. The SMILES string of the molecule is Cc1ccccc1OCC(=O)NC1CCC2C(C1)NC(=O)C(C)C2C. The average Bonchev–Trinajstić information content (AvgIpc) is 2.59. The van der Waals surface area contributed by atoms with Gasteiger partial charge in [0, 0.05) is 18.0 Å². The van der Waals surface area contributed by atoms with Crippen LogP contribution in [-0.4, -0.2) is 30.5 Å². The first-order chi connectivity index (χ1) is 12.0. The zero-order valence-electron chi connectivity index (χ0n) is 15.2. The van der Waals surface area contributed by atoms with Gasteiger partial charge >= 0.3 is 0 Å². The number of carbonyl (C=O) groups is 2. The van der Waals surface area contributed by atoms with Gasteiger partial charge in [0.15, 0.2) is 6.61 Å². The summed E-state index contributed by atoms with van der Waals surface area (Å²) < 4.78 is 5.61. The van der Waals surface area contributed by atoms with Gasteiger partial charge in [0.2, 0.25) is 5.91 Å². The van der Waals surface area contributed by atoms with E-state index < -0.39 is 0 Å². The molecule has 0 bridgehead atoms. The van der Waals surface area contributed by atoms with E-state index in [9.17, 15) is 9.59 Å². The molecule has 3 rings (SSSR count). The van der Waals surface area contributed by atoms with E-state index in [0.717, 1.165) is 30.6 Å². The van der Waals surface area contributed by atoms with Crippen molar-refractivity contribution in [3.8, 4) is 5.75 Å². The number of aryl methyl sites for hydroxylation is 1. The van der Waals surface area contributed by atoms with Gasteiger partial charge in [-0.05, 0) is 49.7 Å². The van der Waals surface area contributed by atoms with E-state index in [0.29, 0.717) is 11.8 Å². The Kier molecular flexibility index (Phi) is 5.30. The van der Waals surface area contributed by atoms with Crippen molar-refractivity contribution in [1.82, 2.24) is 10.6 Å². The maximum atomic E-state index is 12.2. The van der Waals surface area contributed by atoms with Crippen molar-refractivity contribution in [2.75, 3.05) is 6.61 Å². The van der Waals surface area contributed by atoms with Crippen LogP contribution in [0.25, 0.3) is 0 Å². The molecule has 1 heterocycles. The van der Waals surface area contributed by atoms with Crippen LogP contribution >= 0.6 is 0 Å². The van der Waals surface area contributed by atoms with Crippen LogP contribution in [0, 0.1) is 24.7 Å². The smallest absolute Gasteiger partial charge is 0.258 e. The van der Waals surface area contributed by atoms with E-state index in [1.54, 1.807) is 0 Å². The third-order valence-corrected chi connectivity index (χ3v) is 5.93. The minimum atomic E-state index is -0.102. The van der Waals surface area contributed by atoms with Gasteiger partial charge in [-0.2, -0.15) is 0 Å². The first kappa shape index (κ1) is 17.8. The van der Waals surface area contributed by atoms with Crippen molar-refractivity contribution < 1.29 is 14.3 Å². The first-order valence-electron chi connectivity index (χ1n) is 9.24. The number of nitrogens with one attached hydrogen (secondary N) is 2. The topological polar surface area (TPSA) is 67.4 Å². The van der Waals surface area contributed by atoms with Crippen LogP contribution < -0.4 is 15.4 Å². The molecule has 0 radical (unpaired) electrons. The molecule has 136 valence electrons. The number of benzene rings is 1. The Hall–Kier alpha value is -2.04. The second-order valence-electron chi connectivity index (χ2n) is 7.56. The van der Waals surface area contributed by atoms with Crippen molar-refractivity contribution >= 4 is 11.8 Å². The van der Waals surface area contributed by atoms with Crippen LogP contribution in [0.2, 0.25) is 0 Å². The van der Waals surface area contributed by atoms with E-state index in [1.165, 1.54) is 0 Å². The Morgan fingerprint density at radius 1 is 1.28 bits per heavy atom. The van der Waals surface area contributed by atoms with Gasteiger partial charge in [0.1, 0.15) is 5.75 Å². The molecule has 2 amide bonds. The highest BCUT2D eigenvalue weighted by molar-refractivity contribution is 5.80. The van der Waals surface area contributed by atoms with Crippen LogP contribution in [0.4, 0.5) is 0 Å². The van der Waals surface area contributed by atoms with Crippen molar-refractivity contribution in [2.24, 2.45) is 17.8 Å². The summed E-state index contributed by atoms with van der Waals surface area (Å²) in [6, 6.07) is 7.96. The standard InChI is InChI=1S/C20H28N2O3/c1-12-6-4-5-7-18(12)25-11-19(23)21-15-8-9-16-13(2)14(3)20(24)22-17(16)10-15/h4-7,13-17H,8-11H2,1-3H3,(H,21,23)(H,22,24). The second-order valence-corrected chi connectivity index (χ2v) is 7.56. The Bertz CT molecular complexity index is 646. The van der Waals surface area contributed by atoms with Crippen molar-refractivity contribution in [3.05, 3.63) is 29.8 Å². The molecule has 5 unspecified atom stereocenters. The summed E-state index contributed by atoms with van der Waals surface area (Å²) in [6.45, 7) is 6.17. The predicted octanol–water partition coefficient (Wildman–Crippen LogP) is 2.43. The van der Waals surface area contributed by atoms with Crippen molar-refractivity contribution in [1.29, 1.82) is 0 Å². The van der Waals surface area contributed by atoms with Gasteiger partial charge in [0.25, 0.3) is 5.91 Å². The number of para-hydroxylation sites is 1. The van der Waals surface area contributed by atoms with Gasteiger partial charge < -0.3 is 15.4 Å². The molecule has 1 saturated heterocycles. The number of fused-ring (bicyclic) bond motifs is 1. The Balaban J connectivity index is 1.50. The fraction of sp³-hybridized carbons (Fsp3) is 0.600. The fourth-order valence-electron chi connectivity index (χ4n) is 4.18. The van der Waals surface area contributed by atoms with Crippen LogP contribution in [0.3, 0.4) is 0 Å². The molecule has 1 aliphatic heterocycles. The van der Waals surface area contributed by atoms with Crippen molar-refractivity contribution in [2.45, 2.75) is 52.1 Å². The number of amides is 2. The zero-order chi connectivity index (χ0) is 18.0. The maximum absolute atomic E-state index is 12.2. The van der Waals surface area contributed by atoms with E-state index in [1.807, 2.05) is 38.1 Å². The molecule has 2 fully saturated rings. The minimum absolute atomic E-state index is 0.0231. The molecule has 25 heavy (non-hydrogen) atoms. The molecule has 2 N–H and O–H groups in total. The van der Waals surface area contributed by atoms with E-state index in [2.05, 4.69) is 17.6 Å². The molecule has 1 aromatic carbocycles. The normalized spacial score (nSPS) is 31.6. The lowest BCUT2D eigenvalue weighted by atomic mass is 9.68. The number of ether oxygens (including phenoxy) is 1. The van der Waals surface area contributed by atoms with Gasteiger partial charge in [-0.3, -0.25) is 9.59 Å². The summed E-state index contributed by atoms with van der Waals surface area (Å²) in [5.74, 6) is 1.78. The lowest BCUT2D eigenvalue weighted by Gasteiger charge is -2.45. The van der Waals surface area contributed by atoms with Gasteiger partial charge in [-0.25, -0.2) is 0 Å². The molecule has 2 aliphatic rings. The number of carbonyl (C=O) groups excluding carboxylic acids is 2. The molecule has 0 spiro atoms. The molecule has 1 saturated carbocycles. The molecular formula is C20H28N2O3. The summed E-state index contributed by atoms with van der Waals surface area (Å²) in [5.41, 5.74) is 1.02. The number of piperidine rings is 1. The predicted molar refractivity (Wildman–Crippen MR) is 96.2 cm³/mol. The summed E-state index contributed by atoms with van der Waals surface area (Å²) in [4.78, 5) is 24.3. The minimum Gasteiger partial charge on any atom is -0.484 e. The number of hydrogen-bond donors (Lipinski definition) is 2. The van der Waals surface area contributed by atoms with E-state index in [4.69, 9.17) is 4.74 Å². The summed E-state index contributed by atoms with van der Waals surface area (Å²) >= 11 is 0. The highest BCUT2D eigenvalue weighted by Gasteiger charge is 2.42. The van der Waals surface area contributed by atoms with Gasteiger partial charge in [-0.15, -0.1) is 0 Å². The van der Waals surface area contributed by atoms with E-state index in [-0.39, 0.29) is 36.4 Å². The third-order valence-electron chi connectivity index (χ3n) is 5.93. The Labute approximate surface area is 149 Å². The number of rotatable bonds is 4. The Morgan fingerprint density at radius 3 is 2.80 bits per heavy atom.